The van der Waals surface area contributed by atoms with E-state index in [1.165, 1.54) is 25.7 Å². The van der Waals surface area contributed by atoms with E-state index in [1.54, 1.807) is 7.11 Å². The highest BCUT2D eigenvalue weighted by molar-refractivity contribution is 5.60. The minimum atomic E-state index is 0.643. The van der Waals surface area contributed by atoms with Crippen molar-refractivity contribution in [1.82, 2.24) is 15.1 Å². The van der Waals surface area contributed by atoms with Crippen LogP contribution in [0, 0.1) is 0 Å². The molecule has 0 spiro atoms. The minimum Gasteiger partial charge on any atom is -0.497 e. The lowest BCUT2D eigenvalue weighted by atomic mass is 10.1. The van der Waals surface area contributed by atoms with Crippen molar-refractivity contribution in [3.05, 3.63) is 36.4 Å². The first-order chi connectivity index (χ1) is 12.2. The number of piperazine rings is 1. The van der Waals surface area contributed by atoms with Gasteiger partial charge in [-0.15, -0.1) is 10.2 Å². The van der Waals surface area contributed by atoms with E-state index in [2.05, 4.69) is 39.2 Å². The number of aromatic nitrogens is 2. The Kier molecular flexibility index (Phi) is 4.57. The third-order valence-electron chi connectivity index (χ3n) is 5.70. The second-order valence-electron chi connectivity index (χ2n) is 7.17. The summed E-state index contributed by atoms with van der Waals surface area (Å²) in [4.78, 5) is 5.01. The number of likely N-dealkylation sites (N-methyl/N-ethyl adjacent to an activating group) is 1. The molecule has 2 aliphatic rings. The zero-order valence-electron chi connectivity index (χ0n) is 15.1. The number of ether oxygens (including phenoxy) is 1. The van der Waals surface area contributed by atoms with Crippen molar-refractivity contribution < 1.29 is 4.74 Å². The Morgan fingerprint density at radius 2 is 1.60 bits per heavy atom. The van der Waals surface area contributed by atoms with Gasteiger partial charge in [0.05, 0.1) is 12.8 Å². The maximum absolute atomic E-state index is 5.21. The van der Waals surface area contributed by atoms with Crippen molar-refractivity contribution in [2.24, 2.45) is 0 Å². The lowest BCUT2D eigenvalue weighted by Crippen LogP contribution is -2.56. The number of anilines is 1. The van der Waals surface area contributed by atoms with Crippen LogP contribution in [0.3, 0.4) is 0 Å². The molecule has 5 nitrogen and oxygen atoms in total. The molecule has 3 heterocycles. The van der Waals surface area contributed by atoms with Gasteiger partial charge in [0.1, 0.15) is 5.75 Å². The largest absolute Gasteiger partial charge is 0.497 e. The average Bonchev–Trinajstić information content (AvgIpc) is 2.77. The van der Waals surface area contributed by atoms with E-state index in [-0.39, 0.29) is 0 Å². The molecule has 0 radical (unpaired) electrons. The SMILES string of the molecule is COc1ccc(-c2ccc(N3CC4CCCCC(C3)N4C)nn2)cc1. The number of methoxy groups -OCH3 is 1. The van der Waals surface area contributed by atoms with Gasteiger partial charge in [0.2, 0.25) is 0 Å². The molecule has 2 fully saturated rings. The quantitative estimate of drug-likeness (QED) is 0.859. The van der Waals surface area contributed by atoms with Gasteiger partial charge in [-0.25, -0.2) is 0 Å². The fraction of sp³-hybridized carbons (Fsp3) is 0.500. The third-order valence-corrected chi connectivity index (χ3v) is 5.70. The molecular weight excluding hydrogens is 312 g/mol. The van der Waals surface area contributed by atoms with Crippen LogP contribution in [0.4, 0.5) is 5.82 Å². The molecule has 132 valence electrons. The molecule has 2 aliphatic heterocycles. The smallest absolute Gasteiger partial charge is 0.151 e. The molecular formula is C20H26N4O. The van der Waals surface area contributed by atoms with Gasteiger partial charge in [-0.2, -0.15) is 0 Å². The van der Waals surface area contributed by atoms with Crippen LogP contribution >= 0.6 is 0 Å². The van der Waals surface area contributed by atoms with Crippen LogP contribution < -0.4 is 9.64 Å². The van der Waals surface area contributed by atoms with Crippen molar-refractivity contribution >= 4 is 5.82 Å². The summed E-state index contributed by atoms with van der Waals surface area (Å²) in [6.45, 7) is 2.12. The van der Waals surface area contributed by atoms with Crippen molar-refractivity contribution in [3.63, 3.8) is 0 Å². The fourth-order valence-electron chi connectivity index (χ4n) is 4.09. The molecule has 2 aromatic rings. The molecule has 1 aromatic carbocycles. The lowest BCUT2D eigenvalue weighted by molar-refractivity contribution is 0.149. The van der Waals surface area contributed by atoms with Crippen molar-refractivity contribution in [2.75, 3.05) is 32.1 Å². The van der Waals surface area contributed by atoms with Gasteiger partial charge < -0.3 is 9.64 Å². The van der Waals surface area contributed by atoms with Crippen LogP contribution in [-0.2, 0) is 0 Å². The molecule has 0 amide bonds. The molecule has 1 aromatic heterocycles. The van der Waals surface area contributed by atoms with Crippen LogP contribution in [0.2, 0.25) is 0 Å². The summed E-state index contributed by atoms with van der Waals surface area (Å²) >= 11 is 0. The van der Waals surface area contributed by atoms with Crippen LogP contribution in [0.5, 0.6) is 5.75 Å². The lowest BCUT2D eigenvalue weighted by Gasteiger charge is -2.44. The van der Waals surface area contributed by atoms with Gasteiger partial charge in [-0.1, -0.05) is 12.8 Å². The highest BCUT2D eigenvalue weighted by atomic mass is 16.5. The maximum atomic E-state index is 5.21. The van der Waals surface area contributed by atoms with E-state index in [0.29, 0.717) is 12.1 Å². The van der Waals surface area contributed by atoms with E-state index in [9.17, 15) is 0 Å². The van der Waals surface area contributed by atoms with E-state index >= 15 is 0 Å². The summed E-state index contributed by atoms with van der Waals surface area (Å²) in [5.74, 6) is 1.86. The Balaban J connectivity index is 1.51. The number of nitrogens with zero attached hydrogens (tertiary/aromatic N) is 4. The van der Waals surface area contributed by atoms with Gasteiger partial charge in [-0.3, -0.25) is 4.90 Å². The molecule has 2 unspecified atom stereocenters. The van der Waals surface area contributed by atoms with Gasteiger partial charge in [0.25, 0.3) is 0 Å². The molecule has 2 saturated heterocycles. The molecule has 0 N–H and O–H groups in total. The molecule has 5 heteroatoms. The van der Waals surface area contributed by atoms with Gasteiger partial charge in [0, 0.05) is 30.7 Å². The molecule has 0 aliphatic carbocycles. The molecule has 2 atom stereocenters. The fourth-order valence-corrected chi connectivity index (χ4v) is 4.09. The highest BCUT2D eigenvalue weighted by Gasteiger charge is 2.33. The van der Waals surface area contributed by atoms with Crippen molar-refractivity contribution in [1.29, 1.82) is 0 Å². The predicted molar refractivity (Wildman–Crippen MR) is 100 cm³/mol. The predicted octanol–water partition coefficient (Wildman–Crippen LogP) is 3.22. The Morgan fingerprint density at radius 1 is 0.920 bits per heavy atom. The molecule has 0 saturated carbocycles. The van der Waals surface area contributed by atoms with Crippen molar-refractivity contribution in [2.45, 2.75) is 37.8 Å². The van der Waals surface area contributed by atoms with Gasteiger partial charge in [0.15, 0.2) is 5.82 Å². The first-order valence-corrected chi connectivity index (χ1v) is 9.19. The Labute approximate surface area is 149 Å². The summed E-state index contributed by atoms with van der Waals surface area (Å²) in [5.41, 5.74) is 1.96. The summed E-state index contributed by atoms with van der Waals surface area (Å²) in [6, 6.07) is 13.4. The molecule has 25 heavy (non-hydrogen) atoms. The average molecular weight is 338 g/mol. The number of hydrogen-bond donors (Lipinski definition) is 0. The Hall–Kier alpha value is -2.14. The van der Waals surface area contributed by atoms with E-state index in [1.807, 2.05) is 24.3 Å². The summed E-state index contributed by atoms with van der Waals surface area (Å²) < 4.78 is 5.21. The second kappa shape index (κ2) is 7.00. The summed E-state index contributed by atoms with van der Waals surface area (Å²) in [7, 11) is 3.97. The van der Waals surface area contributed by atoms with Crippen LogP contribution in [0.1, 0.15) is 25.7 Å². The Morgan fingerprint density at radius 3 is 2.16 bits per heavy atom. The molecule has 2 bridgehead atoms. The van der Waals surface area contributed by atoms with Crippen LogP contribution in [-0.4, -0.2) is 54.4 Å². The number of hydrogen-bond acceptors (Lipinski definition) is 5. The highest BCUT2D eigenvalue weighted by Crippen LogP contribution is 2.29. The molecule has 4 rings (SSSR count). The monoisotopic (exact) mass is 338 g/mol. The number of fused-ring (bicyclic) bond motifs is 2. The Bertz CT molecular complexity index is 685. The maximum Gasteiger partial charge on any atom is 0.151 e. The zero-order chi connectivity index (χ0) is 17.2. The second-order valence-corrected chi connectivity index (χ2v) is 7.17. The first kappa shape index (κ1) is 16.3. The first-order valence-electron chi connectivity index (χ1n) is 9.19. The summed E-state index contributed by atoms with van der Waals surface area (Å²) in [6.07, 6.45) is 5.28. The van der Waals surface area contributed by atoms with Gasteiger partial charge >= 0.3 is 0 Å². The van der Waals surface area contributed by atoms with E-state index in [4.69, 9.17) is 4.74 Å². The van der Waals surface area contributed by atoms with Crippen molar-refractivity contribution in [3.8, 4) is 17.0 Å². The zero-order valence-corrected chi connectivity index (χ0v) is 15.1. The standard InChI is InChI=1S/C20H26N4O/c1-23-16-5-3-4-6-17(23)14-24(13-16)20-12-11-19(21-22-20)15-7-9-18(25-2)10-8-15/h7-12,16-17H,3-6,13-14H2,1-2H3. The number of rotatable bonds is 3. The topological polar surface area (TPSA) is 41.5 Å². The minimum absolute atomic E-state index is 0.643. The van der Waals surface area contributed by atoms with Gasteiger partial charge in [-0.05, 0) is 56.3 Å². The summed E-state index contributed by atoms with van der Waals surface area (Å²) in [5, 5.41) is 9.00. The number of benzene rings is 1. The normalized spacial score (nSPS) is 24.0. The van der Waals surface area contributed by atoms with Crippen LogP contribution in [0.25, 0.3) is 11.3 Å². The van der Waals surface area contributed by atoms with E-state index in [0.717, 1.165) is 35.9 Å². The third kappa shape index (κ3) is 3.33. The van der Waals surface area contributed by atoms with E-state index < -0.39 is 0 Å². The van der Waals surface area contributed by atoms with Crippen LogP contribution in [0.15, 0.2) is 36.4 Å².